The van der Waals surface area contributed by atoms with E-state index < -0.39 is 11.9 Å². The molecule has 0 radical (unpaired) electrons. The summed E-state index contributed by atoms with van der Waals surface area (Å²) in [7, 11) is 0. The van der Waals surface area contributed by atoms with Gasteiger partial charge in [-0.3, -0.25) is 9.59 Å². The van der Waals surface area contributed by atoms with Crippen molar-refractivity contribution in [1.82, 2.24) is 5.32 Å². The molecule has 27 heavy (non-hydrogen) atoms. The van der Waals surface area contributed by atoms with Crippen molar-refractivity contribution in [3.8, 4) is 5.75 Å². The molecule has 2 N–H and O–H groups in total. The van der Waals surface area contributed by atoms with Crippen LogP contribution in [-0.2, 0) is 14.3 Å². The maximum atomic E-state index is 12.0. The number of benzene rings is 1. The zero-order chi connectivity index (χ0) is 20.0. The monoisotopic (exact) mass is 379 g/mol. The smallest absolute Gasteiger partial charge is 0.258 e. The minimum atomic E-state index is -1.43. The van der Waals surface area contributed by atoms with E-state index in [1.165, 1.54) is 13.8 Å². The third-order valence-corrected chi connectivity index (χ3v) is 4.29. The first-order chi connectivity index (χ1) is 12.7. The van der Waals surface area contributed by atoms with E-state index in [1.807, 2.05) is 6.92 Å². The quantitative estimate of drug-likeness (QED) is 0.672. The molecule has 1 heterocycles. The molecule has 1 aliphatic heterocycles. The summed E-state index contributed by atoms with van der Waals surface area (Å²) >= 11 is 0. The van der Waals surface area contributed by atoms with E-state index in [1.54, 1.807) is 24.3 Å². The molecule has 7 heteroatoms. The Bertz CT molecular complexity index is 637. The van der Waals surface area contributed by atoms with Crippen molar-refractivity contribution in [2.24, 2.45) is 0 Å². The Balaban J connectivity index is 1.76. The van der Waals surface area contributed by atoms with E-state index in [0.29, 0.717) is 11.3 Å². The Morgan fingerprint density at radius 1 is 1.26 bits per heavy atom. The van der Waals surface area contributed by atoms with E-state index in [0.717, 1.165) is 12.8 Å². The summed E-state index contributed by atoms with van der Waals surface area (Å²) in [6.07, 6.45) is 1.57. The van der Waals surface area contributed by atoms with Crippen LogP contribution in [0.4, 0.5) is 0 Å². The molecule has 0 bridgehead atoms. The van der Waals surface area contributed by atoms with Crippen molar-refractivity contribution < 1.29 is 28.9 Å². The number of ketones is 1. The minimum Gasteiger partial charge on any atom is -0.484 e. The SMILES string of the molecule is CCC1CC(C)OC(CNC(=O)COc2ccc(C(=O)C(C)(C)O)cc2)O1. The highest BCUT2D eigenvalue weighted by atomic mass is 16.7. The second-order valence-corrected chi connectivity index (χ2v) is 7.28. The first kappa shape index (κ1) is 21.3. The number of carbonyl (C=O) groups excluding carboxylic acids is 2. The summed E-state index contributed by atoms with van der Waals surface area (Å²) in [5.74, 6) is -0.203. The molecule has 0 saturated carbocycles. The molecule has 1 aliphatic rings. The largest absolute Gasteiger partial charge is 0.484 e. The number of carbonyl (C=O) groups is 2. The molecular weight excluding hydrogens is 350 g/mol. The Morgan fingerprint density at radius 2 is 1.93 bits per heavy atom. The Labute approximate surface area is 160 Å². The lowest BCUT2D eigenvalue weighted by atomic mass is 9.97. The van der Waals surface area contributed by atoms with Gasteiger partial charge in [-0.05, 0) is 57.9 Å². The molecule has 0 aliphatic carbocycles. The fourth-order valence-corrected chi connectivity index (χ4v) is 2.80. The molecule has 3 unspecified atom stereocenters. The number of nitrogens with one attached hydrogen (secondary N) is 1. The number of hydrogen-bond acceptors (Lipinski definition) is 6. The lowest BCUT2D eigenvalue weighted by molar-refractivity contribution is -0.235. The van der Waals surface area contributed by atoms with Crippen LogP contribution in [0, 0.1) is 0 Å². The molecule has 2 rings (SSSR count). The molecular formula is C20H29NO6. The van der Waals surface area contributed by atoms with Gasteiger partial charge in [-0.15, -0.1) is 0 Å². The van der Waals surface area contributed by atoms with E-state index in [4.69, 9.17) is 14.2 Å². The van der Waals surface area contributed by atoms with Crippen LogP contribution in [0.1, 0.15) is 50.9 Å². The first-order valence-corrected chi connectivity index (χ1v) is 9.26. The lowest BCUT2D eigenvalue weighted by Crippen LogP contribution is -2.44. The second-order valence-electron chi connectivity index (χ2n) is 7.28. The zero-order valence-corrected chi connectivity index (χ0v) is 16.4. The number of aliphatic hydroxyl groups is 1. The Kier molecular flexibility index (Phi) is 7.35. The molecule has 1 amide bonds. The maximum Gasteiger partial charge on any atom is 0.258 e. The van der Waals surface area contributed by atoms with Gasteiger partial charge < -0.3 is 24.6 Å². The highest BCUT2D eigenvalue weighted by Crippen LogP contribution is 2.20. The number of rotatable bonds is 8. The van der Waals surface area contributed by atoms with Gasteiger partial charge in [0, 0.05) is 5.56 Å². The van der Waals surface area contributed by atoms with Gasteiger partial charge >= 0.3 is 0 Å². The maximum absolute atomic E-state index is 12.0. The molecule has 1 saturated heterocycles. The van der Waals surface area contributed by atoms with Gasteiger partial charge in [0.2, 0.25) is 0 Å². The van der Waals surface area contributed by atoms with E-state index in [-0.39, 0.29) is 37.0 Å². The highest BCUT2D eigenvalue weighted by Gasteiger charge is 2.27. The van der Waals surface area contributed by atoms with Crippen molar-refractivity contribution >= 4 is 11.7 Å². The van der Waals surface area contributed by atoms with E-state index in [2.05, 4.69) is 12.2 Å². The van der Waals surface area contributed by atoms with Crippen LogP contribution >= 0.6 is 0 Å². The molecule has 150 valence electrons. The van der Waals surface area contributed by atoms with Gasteiger partial charge in [-0.2, -0.15) is 0 Å². The predicted octanol–water partition coefficient (Wildman–Crippen LogP) is 2.07. The summed E-state index contributed by atoms with van der Waals surface area (Å²) in [4.78, 5) is 23.9. The van der Waals surface area contributed by atoms with Crippen LogP contribution in [0.25, 0.3) is 0 Å². The Hall–Kier alpha value is -1.96. The van der Waals surface area contributed by atoms with Crippen molar-refractivity contribution in [3.05, 3.63) is 29.8 Å². The summed E-state index contributed by atoms with van der Waals surface area (Å²) in [5, 5.41) is 12.5. The van der Waals surface area contributed by atoms with Crippen molar-refractivity contribution in [1.29, 1.82) is 0 Å². The lowest BCUT2D eigenvalue weighted by Gasteiger charge is -2.33. The molecule has 1 aromatic rings. The normalized spacial score (nSPS) is 22.9. The van der Waals surface area contributed by atoms with Gasteiger partial charge in [-0.1, -0.05) is 6.92 Å². The number of Topliss-reactive ketones (excluding diaryl/α,β-unsaturated/α-hetero) is 1. The van der Waals surface area contributed by atoms with Gasteiger partial charge in [0.25, 0.3) is 5.91 Å². The van der Waals surface area contributed by atoms with Crippen LogP contribution in [0.2, 0.25) is 0 Å². The average molecular weight is 379 g/mol. The average Bonchev–Trinajstić information content (AvgIpc) is 2.63. The predicted molar refractivity (Wildman–Crippen MR) is 99.7 cm³/mol. The summed E-state index contributed by atoms with van der Waals surface area (Å²) < 4.78 is 16.8. The minimum absolute atomic E-state index is 0.104. The van der Waals surface area contributed by atoms with Crippen LogP contribution in [0.15, 0.2) is 24.3 Å². The fourth-order valence-electron chi connectivity index (χ4n) is 2.80. The summed E-state index contributed by atoms with van der Waals surface area (Å²) in [6, 6.07) is 6.30. The highest BCUT2D eigenvalue weighted by molar-refractivity contribution is 6.01. The summed E-state index contributed by atoms with van der Waals surface area (Å²) in [5.41, 5.74) is -1.05. The topological polar surface area (TPSA) is 94.1 Å². The van der Waals surface area contributed by atoms with Crippen LogP contribution in [0.5, 0.6) is 5.75 Å². The number of hydrogen-bond donors (Lipinski definition) is 2. The van der Waals surface area contributed by atoms with E-state index >= 15 is 0 Å². The molecule has 0 aromatic heterocycles. The second kappa shape index (κ2) is 9.30. The standard InChI is InChI=1S/C20H29NO6/c1-5-15-10-13(2)26-18(27-15)11-21-17(22)12-25-16-8-6-14(7-9-16)19(23)20(3,4)24/h6-9,13,15,18,24H,5,10-12H2,1-4H3,(H,21,22). The van der Waals surface area contributed by atoms with Crippen molar-refractivity contribution in [2.45, 2.75) is 64.6 Å². The van der Waals surface area contributed by atoms with Crippen LogP contribution in [-0.4, -0.2) is 54.0 Å². The summed E-state index contributed by atoms with van der Waals surface area (Å²) in [6.45, 7) is 7.04. The molecule has 1 fully saturated rings. The molecule has 3 atom stereocenters. The zero-order valence-electron chi connectivity index (χ0n) is 16.4. The van der Waals surface area contributed by atoms with Gasteiger partial charge in [-0.25, -0.2) is 0 Å². The number of amides is 1. The Morgan fingerprint density at radius 3 is 2.52 bits per heavy atom. The molecule has 7 nitrogen and oxygen atoms in total. The van der Waals surface area contributed by atoms with Crippen LogP contribution in [0.3, 0.4) is 0 Å². The molecule has 1 aromatic carbocycles. The third kappa shape index (κ3) is 6.61. The van der Waals surface area contributed by atoms with Gasteiger partial charge in [0.1, 0.15) is 11.4 Å². The van der Waals surface area contributed by atoms with Crippen LogP contribution < -0.4 is 10.1 Å². The van der Waals surface area contributed by atoms with Crippen molar-refractivity contribution in [3.63, 3.8) is 0 Å². The third-order valence-electron chi connectivity index (χ3n) is 4.29. The molecule has 0 spiro atoms. The first-order valence-electron chi connectivity index (χ1n) is 9.26. The fraction of sp³-hybridized carbons (Fsp3) is 0.600. The van der Waals surface area contributed by atoms with Crippen molar-refractivity contribution in [2.75, 3.05) is 13.2 Å². The van der Waals surface area contributed by atoms with E-state index in [9.17, 15) is 14.7 Å². The number of ether oxygens (including phenoxy) is 3. The van der Waals surface area contributed by atoms with Gasteiger partial charge in [0.15, 0.2) is 18.7 Å². The van der Waals surface area contributed by atoms with Gasteiger partial charge in [0.05, 0.1) is 18.8 Å².